The Balaban J connectivity index is 1.39. The number of ether oxygens (including phenoxy) is 2. The van der Waals surface area contributed by atoms with Crippen molar-refractivity contribution in [1.82, 2.24) is 4.31 Å². The molecule has 25 heavy (non-hydrogen) atoms. The Bertz CT molecular complexity index is 809. The van der Waals surface area contributed by atoms with Crippen molar-refractivity contribution in [3.63, 3.8) is 0 Å². The standard InChI is InChI=1S/C17H22N2O5S/c1-2-7-25(21,22)19-6-5-17(10-19)9-13(17)16(20)18-12-3-4-14-15(8-12)24-11-23-14/h3-4,8,13H,2,5-7,9-11H2,1H3,(H,18,20)/t13-,17-/m1/s1. The SMILES string of the molecule is CCCS(=O)(=O)N1CC[C@@]2(C[C@@H]2C(=O)Nc2ccc3c(c2)OCO3)C1. The van der Waals surface area contributed by atoms with E-state index < -0.39 is 10.0 Å². The van der Waals surface area contributed by atoms with E-state index in [0.29, 0.717) is 36.7 Å². The summed E-state index contributed by atoms with van der Waals surface area (Å²) < 4.78 is 36.6. The maximum absolute atomic E-state index is 12.6. The number of carbonyl (C=O) groups excluding carboxylic acids is 1. The molecule has 2 heterocycles. The fourth-order valence-electron chi connectivity index (χ4n) is 3.85. The second kappa shape index (κ2) is 5.88. The Morgan fingerprint density at radius 2 is 2.16 bits per heavy atom. The highest BCUT2D eigenvalue weighted by molar-refractivity contribution is 7.89. The molecule has 0 radical (unpaired) electrons. The maximum Gasteiger partial charge on any atom is 0.231 e. The minimum Gasteiger partial charge on any atom is -0.454 e. The summed E-state index contributed by atoms with van der Waals surface area (Å²) in [5.41, 5.74) is 0.492. The molecule has 1 aliphatic carbocycles. The number of nitrogens with one attached hydrogen (secondary N) is 1. The fourth-order valence-corrected chi connectivity index (χ4v) is 5.45. The molecule has 1 saturated carbocycles. The molecule has 1 saturated heterocycles. The summed E-state index contributed by atoms with van der Waals surface area (Å²) in [5, 5.41) is 2.92. The van der Waals surface area contributed by atoms with Gasteiger partial charge in [0.2, 0.25) is 22.7 Å². The van der Waals surface area contributed by atoms with Crippen LogP contribution < -0.4 is 14.8 Å². The van der Waals surface area contributed by atoms with E-state index in [0.717, 1.165) is 12.8 Å². The first-order valence-electron chi connectivity index (χ1n) is 8.62. The normalized spacial score (nSPS) is 27.6. The lowest BCUT2D eigenvalue weighted by atomic mass is 10.0. The zero-order valence-electron chi connectivity index (χ0n) is 14.2. The second-order valence-corrected chi connectivity index (χ2v) is 9.16. The van der Waals surface area contributed by atoms with Crippen LogP contribution in [-0.4, -0.2) is 44.3 Å². The molecule has 2 atom stereocenters. The van der Waals surface area contributed by atoms with Crippen LogP contribution in [-0.2, 0) is 14.8 Å². The van der Waals surface area contributed by atoms with E-state index in [2.05, 4.69) is 5.32 Å². The average Bonchev–Trinajstić information content (AvgIpc) is 2.90. The van der Waals surface area contributed by atoms with E-state index in [1.165, 1.54) is 0 Å². The molecule has 4 rings (SSSR count). The van der Waals surface area contributed by atoms with Crippen molar-refractivity contribution < 1.29 is 22.7 Å². The van der Waals surface area contributed by atoms with Gasteiger partial charge in [0.05, 0.1) is 5.75 Å². The Morgan fingerprint density at radius 3 is 2.96 bits per heavy atom. The molecule has 8 heteroatoms. The molecule has 0 aromatic heterocycles. The molecule has 1 amide bonds. The summed E-state index contributed by atoms with van der Waals surface area (Å²) in [6.45, 7) is 3.05. The molecule has 1 aromatic carbocycles. The van der Waals surface area contributed by atoms with Gasteiger partial charge in [0, 0.05) is 30.8 Å². The van der Waals surface area contributed by atoms with Crippen molar-refractivity contribution in [2.45, 2.75) is 26.2 Å². The van der Waals surface area contributed by atoms with Crippen molar-refractivity contribution in [2.24, 2.45) is 11.3 Å². The van der Waals surface area contributed by atoms with Crippen molar-refractivity contribution in [2.75, 3.05) is 31.0 Å². The summed E-state index contributed by atoms with van der Waals surface area (Å²) in [6, 6.07) is 5.31. The Hall–Kier alpha value is -1.80. The quantitative estimate of drug-likeness (QED) is 0.859. The third kappa shape index (κ3) is 2.97. The highest BCUT2D eigenvalue weighted by Crippen LogP contribution is 2.59. The first kappa shape index (κ1) is 16.7. The number of fused-ring (bicyclic) bond motifs is 1. The van der Waals surface area contributed by atoms with Crippen LogP contribution >= 0.6 is 0 Å². The van der Waals surface area contributed by atoms with Crippen LogP contribution in [0.2, 0.25) is 0 Å². The van der Waals surface area contributed by atoms with Gasteiger partial charge in [0.1, 0.15) is 0 Å². The second-order valence-electron chi connectivity index (χ2n) is 7.08. The van der Waals surface area contributed by atoms with Crippen LogP contribution in [0.5, 0.6) is 11.5 Å². The number of nitrogens with zero attached hydrogens (tertiary/aromatic N) is 1. The fraction of sp³-hybridized carbons (Fsp3) is 0.588. The Kier molecular flexibility index (Phi) is 3.92. The van der Waals surface area contributed by atoms with Gasteiger partial charge in [-0.25, -0.2) is 12.7 Å². The zero-order chi connectivity index (χ0) is 17.7. The van der Waals surface area contributed by atoms with Crippen molar-refractivity contribution in [1.29, 1.82) is 0 Å². The number of rotatable bonds is 5. The smallest absolute Gasteiger partial charge is 0.231 e. The molecule has 1 aromatic rings. The van der Waals surface area contributed by atoms with Gasteiger partial charge in [-0.3, -0.25) is 4.79 Å². The maximum atomic E-state index is 12.6. The lowest BCUT2D eigenvalue weighted by molar-refractivity contribution is -0.118. The lowest BCUT2D eigenvalue weighted by Gasteiger charge is -2.16. The summed E-state index contributed by atoms with van der Waals surface area (Å²) in [6.07, 6.45) is 2.12. The van der Waals surface area contributed by atoms with Crippen LogP contribution in [0, 0.1) is 11.3 Å². The summed E-state index contributed by atoms with van der Waals surface area (Å²) in [5.74, 6) is 1.31. The highest BCUT2D eigenvalue weighted by atomic mass is 32.2. The summed E-state index contributed by atoms with van der Waals surface area (Å²) in [4.78, 5) is 12.6. The number of amides is 1. The number of benzene rings is 1. The topological polar surface area (TPSA) is 84.9 Å². The van der Waals surface area contributed by atoms with E-state index >= 15 is 0 Å². The van der Waals surface area contributed by atoms with Gasteiger partial charge in [-0.2, -0.15) is 0 Å². The monoisotopic (exact) mass is 366 g/mol. The van der Waals surface area contributed by atoms with E-state index in [-0.39, 0.29) is 29.8 Å². The molecular formula is C17H22N2O5S. The predicted octanol–water partition coefficient (Wildman–Crippen LogP) is 1.81. The molecule has 0 bridgehead atoms. The van der Waals surface area contributed by atoms with Gasteiger partial charge in [0.15, 0.2) is 11.5 Å². The largest absolute Gasteiger partial charge is 0.454 e. The molecule has 2 aliphatic heterocycles. The molecule has 7 nitrogen and oxygen atoms in total. The molecule has 1 N–H and O–H groups in total. The van der Waals surface area contributed by atoms with E-state index in [1.54, 1.807) is 22.5 Å². The number of hydrogen-bond donors (Lipinski definition) is 1. The van der Waals surface area contributed by atoms with Crippen LogP contribution in [0.3, 0.4) is 0 Å². The molecule has 1 spiro atoms. The molecular weight excluding hydrogens is 344 g/mol. The summed E-state index contributed by atoms with van der Waals surface area (Å²) in [7, 11) is -3.18. The first-order chi connectivity index (χ1) is 11.9. The number of carbonyl (C=O) groups is 1. The third-order valence-corrected chi connectivity index (χ3v) is 7.37. The van der Waals surface area contributed by atoms with Gasteiger partial charge in [-0.15, -0.1) is 0 Å². The number of sulfonamides is 1. The highest BCUT2D eigenvalue weighted by Gasteiger charge is 2.62. The lowest BCUT2D eigenvalue weighted by Crippen LogP contribution is -2.31. The van der Waals surface area contributed by atoms with E-state index in [9.17, 15) is 13.2 Å². The van der Waals surface area contributed by atoms with Crippen LogP contribution in [0.15, 0.2) is 18.2 Å². The molecule has 136 valence electrons. The van der Waals surface area contributed by atoms with Crippen molar-refractivity contribution in [3.05, 3.63) is 18.2 Å². The molecule has 2 fully saturated rings. The molecule has 3 aliphatic rings. The van der Waals surface area contributed by atoms with Crippen LogP contribution in [0.25, 0.3) is 0 Å². The van der Waals surface area contributed by atoms with Crippen LogP contribution in [0.1, 0.15) is 26.2 Å². The van der Waals surface area contributed by atoms with Gasteiger partial charge in [0.25, 0.3) is 0 Å². The van der Waals surface area contributed by atoms with E-state index in [4.69, 9.17) is 9.47 Å². The zero-order valence-corrected chi connectivity index (χ0v) is 15.0. The molecule has 0 unspecified atom stereocenters. The van der Waals surface area contributed by atoms with Crippen molar-refractivity contribution >= 4 is 21.6 Å². The third-order valence-electron chi connectivity index (χ3n) is 5.35. The predicted molar refractivity (Wildman–Crippen MR) is 92.0 cm³/mol. The minimum atomic E-state index is -3.18. The van der Waals surface area contributed by atoms with E-state index in [1.807, 2.05) is 6.92 Å². The van der Waals surface area contributed by atoms with Gasteiger partial charge in [-0.05, 0) is 36.8 Å². The Morgan fingerprint density at radius 1 is 1.36 bits per heavy atom. The minimum absolute atomic E-state index is 0.0476. The van der Waals surface area contributed by atoms with Crippen molar-refractivity contribution in [3.8, 4) is 11.5 Å². The van der Waals surface area contributed by atoms with Gasteiger partial charge < -0.3 is 14.8 Å². The first-order valence-corrected chi connectivity index (χ1v) is 10.2. The van der Waals surface area contributed by atoms with Gasteiger partial charge >= 0.3 is 0 Å². The summed E-state index contributed by atoms with van der Waals surface area (Å²) >= 11 is 0. The number of anilines is 1. The average molecular weight is 366 g/mol. The number of hydrogen-bond acceptors (Lipinski definition) is 5. The van der Waals surface area contributed by atoms with Gasteiger partial charge in [-0.1, -0.05) is 6.92 Å². The van der Waals surface area contributed by atoms with Crippen LogP contribution in [0.4, 0.5) is 5.69 Å². The Labute approximate surface area is 147 Å².